The first kappa shape index (κ1) is 18.0. The second-order valence-electron chi connectivity index (χ2n) is 6.58. The molecule has 0 spiro atoms. The number of nitrogens with one attached hydrogen (secondary N) is 1. The zero-order valence-electron chi connectivity index (χ0n) is 14.6. The van der Waals surface area contributed by atoms with E-state index in [0.29, 0.717) is 24.5 Å². The number of carbonyl (C=O) groups is 2. The van der Waals surface area contributed by atoms with Gasteiger partial charge in [-0.2, -0.15) is 5.26 Å². The number of anilines is 2. The number of amides is 2. The van der Waals surface area contributed by atoms with E-state index in [0.717, 1.165) is 12.8 Å². The van der Waals surface area contributed by atoms with Crippen molar-refractivity contribution in [3.05, 3.63) is 24.0 Å². The lowest BCUT2D eigenvalue weighted by Crippen LogP contribution is -2.34. The van der Waals surface area contributed by atoms with Gasteiger partial charge >= 0.3 is 6.09 Å². The van der Waals surface area contributed by atoms with E-state index in [4.69, 9.17) is 10.00 Å². The number of halogens is 1. The highest BCUT2D eigenvalue weighted by molar-refractivity contribution is 5.90. The lowest BCUT2D eigenvalue weighted by molar-refractivity contribution is -0.119. The summed E-state index contributed by atoms with van der Waals surface area (Å²) in [5, 5.41) is 11.6. The predicted molar refractivity (Wildman–Crippen MR) is 93.2 cm³/mol. The number of carbonyl (C=O) groups excluding carboxylic acids is 2. The second-order valence-corrected chi connectivity index (χ2v) is 6.58. The summed E-state index contributed by atoms with van der Waals surface area (Å²) in [7, 11) is 0. The molecule has 0 bridgehead atoms. The monoisotopic (exact) mass is 360 g/mol. The van der Waals surface area contributed by atoms with Gasteiger partial charge in [0.1, 0.15) is 11.9 Å². The van der Waals surface area contributed by atoms with E-state index in [1.165, 1.54) is 17.9 Å². The van der Waals surface area contributed by atoms with Gasteiger partial charge in [-0.25, -0.2) is 9.18 Å². The summed E-state index contributed by atoms with van der Waals surface area (Å²) in [5.74, 6) is -0.570. The molecule has 0 radical (unpaired) electrons. The Bertz CT molecular complexity index is 740. The largest absolute Gasteiger partial charge is 0.442 e. The molecular weight excluding hydrogens is 339 g/mol. The highest BCUT2D eigenvalue weighted by Crippen LogP contribution is 2.30. The summed E-state index contributed by atoms with van der Waals surface area (Å²) >= 11 is 0. The van der Waals surface area contributed by atoms with Gasteiger partial charge < -0.3 is 15.0 Å². The highest BCUT2D eigenvalue weighted by atomic mass is 19.1. The van der Waals surface area contributed by atoms with Crippen molar-refractivity contribution in [3.8, 4) is 6.07 Å². The maximum absolute atomic E-state index is 14.6. The van der Waals surface area contributed by atoms with Gasteiger partial charge in [0.05, 0.1) is 30.5 Å². The van der Waals surface area contributed by atoms with E-state index < -0.39 is 18.0 Å². The fourth-order valence-electron chi connectivity index (χ4n) is 3.27. The van der Waals surface area contributed by atoms with Gasteiger partial charge in [0.25, 0.3) is 0 Å². The third-order valence-corrected chi connectivity index (χ3v) is 4.71. The van der Waals surface area contributed by atoms with Crippen LogP contribution in [-0.4, -0.2) is 44.3 Å². The summed E-state index contributed by atoms with van der Waals surface area (Å²) < 4.78 is 19.8. The number of benzene rings is 1. The van der Waals surface area contributed by atoms with E-state index in [9.17, 15) is 14.0 Å². The summed E-state index contributed by atoms with van der Waals surface area (Å²) in [5.41, 5.74) is 0.904. The third kappa shape index (κ3) is 3.87. The van der Waals surface area contributed by atoms with Crippen LogP contribution >= 0.6 is 0 Å². The molecule has 2 fully saturated rings. The molecule has 0 aliphatic carbocycles. The van der Waals surface area contributed by atoms with Crippen molar-refractivity contribution in [2.45, 2.75) is 25.9 Å². The molecule has 1 aromatic carbocycles. The topological polar surface area (TPSA) is 85.7 Å². The van der Waals surface area contributed by atoms with Crippen LogP contribution in [0.25, 0.3) is 0 Å². The number of ether oxygens (including phenoxy) is 1. The second kappa shape index (κ2) is 7.60. The molecule has 2 heterocycles. The first-order valence-corrected chi connectivity index (χ1v) is 8.64. The van der Waals surface area contributed by atoms with Crippen molar-refractivity contribution in [2.24, 2.45) is 5.92 Å². The Labute approximate surface area is 151 Å². The minimum atomic E-state index is -0.553. The lowest BCUT2D eigenvalue weighted by atomic mass is 9.98. The van der Waals surface area contributed by atoms with Gasteiger partial charge in [-0.05, 0) is 31.0 Å². The van der Waals surface area contributed by atoms with Crippen LogP contribution in [0.15, 0.2) is 18.2 Å². The number of hydrogen-bond acceptors (Lipinski definition) is 5. The smallest absolute Gasteiger partial charge is 0.414 e. The molecule has 1 aromatic rings. The van der Waals surface area contributed by atoms with E-state index in [-0.39, 0.29) is 24.9 Å². The van der Waals surface area contributed by atoms with Crippen LogP contribution in [0.3, 0.4) is 0 Å². The maximum atomic E-state index is 14.6. The third-order valence-electron chi connectivity index (χ3n) is 4.71. The standard InChI is InChI=1S/C18H21FN4O3/c1-12(24)21-10-15-11-23(18(25)26-15)14-2-3-17(16(19)8-14)22-6-4-13(9-20)5-7-22/h2-3,8,13,15H,4-7,10-11H2,1H3,(H,21,24)/t15-/m0/s1. The van der Waals surface area contributed by atoms with E-state index in [1.807, 2.05) is 4.90 Å². The Morgan fingerprint density at radius 3 is 2.77 bits per heavy atom. The van der Waals surface area contributed by atoms with Crippen LogP contribution in [0, 0.1) is 23.1 Å². The average Bonchev–Trinajstić information content (AvgIpc) is 3.01. The average molecular weight is 360 g/mol. The molecule has 3 rings (SSSR count). The number of nitriles is 1. The van der Waals surface area contributed by atoms with Gasteiger partial charge in [-0.3, -0.25) is 9.69 Å². The summed E-state index contributed by atoms with van der Waals surface area (Å²) in [6.45, 7) is 3.15. The number of piperidine rings is 1. The number of rotatable bonds is 4. The van der Waals surface area contributed by atoms with Gasteiger partial charge in [-0.1, -0.05) is 0 Å². The quantitative estimate of drug-likeness (QED) is 0.888. The van der Waals surface area contributed by atoms with Crippen LogP contribution in [0.2, 0.25) is 0 Å². The minimum Gasteiger partial charge on any atom is -0.442 e. The van der Waals surface area contributed by atoms with Crippen LogP contribution in [-0.2, 0) is 9.53 Å². The van der Waals surface area contributed by atoms with E-state index in [1.54, 1.807) is 12.1 Å². The minimum absolute atomic E-state index is 0.0356. The van der Waals surface area contributed by atoms with Crippen LogP contribution in [0.1, 0.15) is 19.8 Å². The SMILES string of the molecule is CC(=O)NC[C@H]1CN(c2ccc(N3CCC(C#N)CC3)c(F)c2)C(=O)O1. The highest BCUT2D eigenvalue weighted by Gasteiger charge is 2.33. The van der Waals surface area contributed by atoms with Crippen LogP contribution in [0.5, 0.6) is 0 Å². The predicted octanol–water partition coefficient (Wildman–Crippen LogP) is 2.03. The molecule has 26 heavy (non-hydrogen) atoms. The Morgan fingerprint density at radius 2 is 2.15 bits per heavy atom. The van der Waals surface area contributed by atoms with Crippen LogP contribution < -0.4 is 15.1 Å². The number of hydrogen-bond donors (Lipinski definition) is 1. The molecule has 0 saturated carbocycles. The molecule has 0 unspecified atom stereocenters. The molecule has 0 aromatic heterocycles. The van der Waals surface area contributed by atoms with Crippen molar-refractivity contribution in [1.29, 1.82) is 5.26 Å². The van der Waals surface area contributed by atoms with Gasteiger partial charge in [0.15, 0.2) is 0 Å². The Kier molecular flexibility index (Phi) is 5.26. The first-order valence-electron chi connectivity index (χ1n) is 8.64. The van der Waals surface area contributed by atoms with E-state index >= 15 is 0 Å². The van der Waals surface area contributed by atoms with Crippen LogP contribution in [0.4, 0.5) is 20.6 Å². The summed E-state index contributed by atoms with van der Waals surface area (Å²) in [4.78, 5) is 26.3. The van der Waals surface area contributed by atoms with Crippen molar-refractivity contribution >= 4 is 23.4 Å². The van der Waals surface area contributed by atoms with Crippen molar-refractivity contribution < 1.29 is 18.7 Å². The first-order chi connectivity index (χ1) is 12.5. The molecule has 2 aliphatic rings. The number of nitrogens with zero attached hydrogens (tertiary/aromatic N) is 3. The summed E-state index contributed by atoms with van der Waals surface area (Å²) in [6, 6.07) is 6.94. The zero-order valence-corrected chi connectivity index (χ0v) is 14.6. The Balaban J connectivity index is 1.67. The molecule has 2 aliphatic heterocycles. The summed E-state index contributed by atoms with van der Waals surface area (Å²) in [6.07, 6.45) is 0.434. The maximum Gasteiger partial charge on any atom is 0.414 e. The molecule has 1 atom stereocenters. The molecular formula is C18H21FN4O3. The van der Waals surface area contributed by atoms with Crippen molar-refractivity contribution in [2.75, 3.05) is 36.0 Å². The lowest BCUT2D eigenvalue weighted by Gasteiger charge is -2.31. The van der Waals surface area contributed by atoms with Gasteiger partial charge in [0, 0.05) is 25.9 Å². The zero-order chi connectivity index (χ0) is 18.7. The van der Waals surface area contributed by atoms with Gasteiger partial charge in [-0.15, -0.1) is 0 Å². The molecule has 8 heteroatoms. The van der Waals surface area contributed by atoms with Gasteiger partial charge in [0.2, 0.25) is 5.91 Å². The van der Waals surface area contributed by atoms with E-state index in [2.05, 4.69) is 11.4 Å². The molecule has 1 N–H and O–H groups in total. The Morgan fingerprint density at radius 1 is 1.42 bits per heavy atom. The Hall–Kier alpha value is -2.82. The van der Waals surface area contributed by atoms with Crippen molar-refractivity contribution in [1.82, 2.24) is 5.32 Å². The van der Waals surface area contributed by atoms with Crippen molar-refractivity contribution in [3.63, 3.8) is 0 Å². The fourth-order valence-corrected chi connectivity index (χ4v) is 3.27. The normalized spacial score (nSPS) is 20.7. The molecule has 2 amide bonds. The molecule has 2 saturated heterocycles. The number of cyclic esters (lactones) is 1. The molecule has 138 valence electrons. The molecule has 7 nitrogen and oxygen atoms in total. The fraction of sp³-hybridized carbons (Fsp3) is 0.500.